The number of methoxy groups -OCH3 is 1. The Morgan fingerprint density at radius 2 is 2.00 bits per heavy atom. The van der Waals surface area contributed by atoms with Crippen LogP contribution in [0.15, 0.2) is 29.8 Å². The van der Waals surface area contributed by atoms with E-state index in [1.807, 2.05) is 30.6 Å². The summed E-state index contributed by atoms with van der Waals surface area (Å²) in [5, 5.41) is 13.0. The van der Waals surface area contributed by atoms with Gasteiger partial charge in [-0.2, -0.15) is 5.26 Å². The van der Waals surface area contributed by atoms with Crippen LogP contribution in [0.4, 0.5) is 0 Å². The van der Waals surface area contributed by atoms with Crippen LogP contribution in [0.5, 0.6) is 0 Å². The zero-order chi connectivity index (χ0) is 23.8. The van der Waals surface area contributed by atoms with Crippen LogP contribution in [0.1, 0.15) is 35.5 Å². The van der Waals surface area contributed by atoms with E-state index in [-0.39, 0.29) is 5.57 Å². The zero-order valence-corrected chi connectivity index (χ0v) is 19.9. The lowest BCUT2D eigenvalue weighted by Crippen LogP contribution is -2.31. The maximum absolute atomic E-state index is 12.3. The normalized spacial score (nSPS) is 12.2. The molecule has 1 amide bonds. The van der Waals surface area contributed by atoms with Crippen molar-refractivity contribution in [2.75, 3.05) is 20.3 Å². The molecule has 170 valence electrons. The summed E-state index contributed by atoms with van der Waals surface area (Å²) < 4.78 is 12.2. The van der Waals surface area contributed by atoms with Gasteiger partial charge >= 0.3 is 5.97 Å². The molecule has 0 aliphatic rings. The van der Waals surface area contributed by atoms with Crippen LogP contribution in [0.25, 0.3) is 6.08 Å². The number of nitrogens with one attached hydrogen (secondary N) is 1. The van der Waals surface area contributed by atoms with E-state index in [1.54, 1.807) is 32.2 Å². The second kappa shape index (κ2) is 11.7. The first-order valence-corrected chi connectivity index (χ1v) is 10.6. The second-order valence-corrected chi connectivity index (χ2v) is 8.02. The molecule has 0 saturated carbocycles. The molecule has 0 radical (unpaired) electrons. The SMILES string of the molecule is COCCn1c(C)cc(/C=C(\C#N)C(=O)OCC(=O)NC(C)c2ccc(Cl)cc2Cl)c1C. The maximum atomic E-state index is 12.3. The quantitative estimate of drug-likeness (QED) is 0.328. The molecule has 2 aromatic rings. The number of nitrogens with zero attached hydrogens (tertiary/aromatic N) is 2. The number of hydrogen-bond donors (Lipinski definition) is 1. The Hall–Kier alpha value is -2.79. The van der Waals surface area contributed by atoms with Gasteiger partial charge in [0.25, 0.3) is 5.91 Å². The smallest absolute Gasteiger partial charge is 0.349 e. The summed E-state index contributed by atoms with van der Waals surface area (Å²) in [4.78, 5) is 24.6. The molecule has 32 heavy (non-hydrogen) atoms. The van der Waals surface area contributed by atoms with Crippen molar-refractivity contribution < 1.29 is 19.1 Å². The van der Waals surface area contributed by atoms with Gasteiger partial charge in [-0.1, -0.05) is 29.3 Å². The highest BCUT2D eigenvalue weighted by Crippen LogP contribution is 2.26. The van der Waals surface area contributed by atoms with Gasteiger partial charge in [-0.05, 0) is 56.2 Å². The number of halogens is 2. The van der Waals surface area contributed by atoms with Gasteiger partial charge in [0, 0.05) is 35.1 Å². The van der Waals surface area contributed by atoms with Crippen LogP contribution >= 0.6 is 23.2 Å². The largest absolute Gasteiger partial charge is 0.451 e. The molecule has 7 nitrogen and oxygen atoms in total. The van der Waals surface area contributed by atoms with Crippen molar-refractivity contribution in [1.29, 1.82) is 5.26 Å². The molecule has 1 heterocycles. The third kappa shape index (κ3) is 6.60. The Morgan fingerprint density at radius 3 is 2.62 bits per heavy atom. The topological polar surface area (TPSA) is 93.3 Å². The average molecular weight is 478 g/mol. The van der Waals surface area contributed by atoms with Gasteiger partial charge in [-0.15, -0.1) is 0 Å². The van der Waals surface area contributed by atoms with Gasteiger partial charge in [-0.3, -0.25) is 4.79 Å². The number of rotatable bonds is 9. The maximum Gasteiger partial charge on any atom is 0.349 e. The highest BCUT2D eigenvalue weighted by atomic mass is 35.5. The fourth-order valence-electron chi connectivity index (χ4n) is 3.22. The minimum Gasteiger partial charge on any atom is -0.451 e. The summed E-state index contributed by atoms with van der Waals surface area (Å²) in [5.74, 6) is -1.39. The number of aromatic nitrogens is 1. The number of nitriles is 1. The first-order valence-electron chi connectivity index (χ1n) is 9.86. The van der Waals surface area contributed by atoms with Crippen LogP contribution in [0.3, 0.4) is 0 Å². The molecule has 1 aromatic carbocycles. The van der Waals surface area contributed by atoms with Crippen molar-refractivity contribution in [3.63, 3.8) is 0 Å². The summed E-state index contributed by atoms with van der Waals surface area (Å²) in [7, 11) is 1.62. The van der Waals surface area contributed by atoms with Crippen LogP contribution in [0, 0.1) is 25.2 Å². The van der Waals surface area contributed by atoms with E-state index in [0.717, 1.165) is 17.0 Å². The summed E-state index contributed by atoms with van der Waals surface area (Å²) >= 11 is 12.0. The third-order valence-corrected chi connectivity index (χ3v) is 5.48. The molecule has 0 aliphatic carbocycles. The van der Waals surface area contributed by atoms with E-state index in [0.29, 0.717) is 28.8 Å². The molecular weight excluding hydrogens is 453 g/mol. The first-order chi connectivity index (χ1) is 15.2. The van der Waals surface area contributed by atoms with E-state index < -0.39 is 24.5 Å². The number of esters is 1. The highest BCUT2D eigenvalue weighted by Gasteiger charge is 2.17. The zero-order valence-electron chi connectivity index (χ0n) is 18.4. The summed E-state index contributed by atoms with van der Waals surface area (Å²) in [6.45, 7) is 6.25. The van der Waals surface area contributed by atoms with Crippen molar-refractivity contribution in [2.24, 2.45) is 0 Å². The van der Waals surface area contributed by atoms with Crippen molar-refractivity contribution in [3.05, 3.63) is 62.4 Å². The van der Waals surface area contributed by atoms with Crippen molar-refractivity contribution >= 4 is 41.2 Å². The lowest BCUT2D eigenvalue weighted by atomic mass is 10.1. The number of aryl methyl sites for hydroxylation is 1. The minimum absolute atomic E-state index is 0.196. The number of ether oxygens (including phenoxy) is 2. The lowest BCUT2D eigenvalue weighted by Gasteiger charge is -2.16. The second-order valence-electron chi connectivity index (χ2n) is 7.17. The number of hydrogen-bond acceptors (Lipinski definition) is 5. The predicted octanol–water partition coefficient (Wildman–Crippen LogP) is 4.39. The molecule has 1 N–H and O–H groups in total. The van der Waals surface area contributed by atoms with Gasteiger partial charge in [0.1, 0.15) is 11.6 Å². The number of carbonyl (C=O) groups is 2. The van der Waals surface area contributed by atoms with E-state index in [1.165, 1.54) is 6.08 Å². The molecule has 2 rings (SSSR count). The summed E-state index contributed by atoms with van der Waals surface area (Å²) in [5.41, 5.74) is 3.08. The molecule has 9 heteroatoms. The van der Waals surface area contributed by atoms with E-state index in [4.69, 9.17) is 32.7 Å². The number of benzene rings is 1. The minimum atomic E-state index is -0.874. The molecule has 1 aromatic heterocycles. The molecule has 1 atom stereocenters. The monoisotopic (exact) mass is 477 g/mol. The fraction of sp³-hybridized carbons (Fsp3) is 0.348. The van der Waals surface area contributed by atoms with Crippen molar-refractivity contribution in [1.82, 2.24) is 9.88 Å². The predicted molar refractivity (Wildman–Crippen MR) is 123 cm³/mol. The summed E-state index contributed by atoms with van der Waals surface area (Å²) in [6, 6.07) is 8.26. The van der Waals surface area contributed by atoms with Crippen molar-refractivity contribution in [3.8, 4) is 6.07 Å². The van der Waals surface area contributed by atoms with Gasteiger partial charge in [0.15, 0.2) is 6.61 Å². The van der Waals surface area contributed by atoms with Crippen molar-refractivity contribution in [2.45, 2.75) is 33.4 Å². The van der Waals surface area contributed by atoms with E-state index >= 15 is 0 Å². The highest BCUT2D eigenvalue weighted by molar-refractivity contribution is 6.35. The van der Waals surface area contributed by atoms with Crippen LogP contribution in [-0.4, -0.2) is 36.8 Å². The van der Waals surface area contributed by atoms with Gasteiger partial charge in [0.05, 0.1) is 12.6 Å². The Labute approximate surface area is 197 Å². The lowest BCUT2D eigenvalue weighted by molar-refractivity contribution is -0.144. The first kappa shape index (κ1) is 25.5. The molecule has 0 spiro atoms. The fourth-order valence-corrected chi connectivity index (χ4v) is 3.79. The Balaban J connectivity index is 2.01. The van der Waals surface area contributed by atoms with E-state index in [2.05, 4.69) is 5.32 Å². The molecule has 0 saturated heterocycles. The Bertz CT molecular complexity index is 1070. The molecule has 0 fully saturated rings. The standard InChI is InChI=1S/C23H25Cl2N3O4/c1-14-9-17(16(3)28(14)7-8-31-4)10-18(12-26)23(30)32-13-22(29)27-15(2)20-6-5-19(24)11-21(20)25/h5-6,9-11,15H,7-8,13H2,1-4H3,(H,27,29)/b18-10+. The number of carbonyl (C=O) groups excluding carboxylic acids is 2. The van der Waals surface area contributed by atoms with Gasteiger partial charge in [0.2, 0.25) is 0 Å². The van der Waals surface area contributed by atoms with Crippen LogP contribution < -0.4 is 5.32 Å². The average Bonchev–Trinajstić information content (AvgIpc) is 3.00. The molecule has 0 bridgehead atoms. The molecular formula is C23H25Cl2N3O4. The van der Waals surface area contributed by atoms with Gasteiger partial charge in [-0.25, -0.2) is 4.79 Å². The van der Waals surface area contributed by atoms with Gasteiger partial charge < -0.3 is 19.4 Å². The Morgan fingerprint density at radius 1 is 1.28 bits per heavy atom. The van der Waals surface area contributed by atoms with Crippen LogP contribution in [-0.2, 0) is 25.6 Å². The third-order valence-electron chi connectivity index (χ3n) is 4.91. The number of amides is 1. The summed E-state index contributed by atoms with van der Waals surface area (Å²) in [6.07, 6.45) is 1.46. The van der Waals surface area contributed by atoms with E-state index in [9.17, 15) is 14.9 Å². The molecule has 1 unspecified atom stereocenters. The van der Waals surface area contributed by atoms with Crippen LogP contribution in [0.2, 0.25) is 10.0 Å². The molecule has 0 aliphatic heterocycles. The Kier molecular flexibility index (Phi) is 9.33.